The Bertz CT molecular complexity index is 352. The summed E-state index contributed by atoms with van der Waals surface area (Å²) >= 11 is 0. The number of benzene rings is 1. The quantitative estimate of drug-likeness (QED) is 0.838. The molecule has 0 aliphatic heterocycles. The van der Waals surface area contributed by atoms with Crippen molar-refractivity contribution in [2.45, 2.75) is 18.7 Å². The van der Waals surface area contributed by atoms with Crippen LogP contribution in [-0.2, 0) is 6.18 Å². The maximum absolute atomic E-state index is 12.3. The molecule has 0 bridgehead atoms. The molecule has 17 heavy (non-hydrogen) atoms. The molecule has 1 aromatic rings. The molecule has 0 aliphatic rings. The third-order valence-corrected chi connectivity index (χ3v) is 2.07. The van der Waals surface area contributed by atoms with Gasteiger partial charge in [-0.3, -0.25) is 0 Å². The largest absolute Gasteiger partial charge is 0.491 e. The zero-order chi connectivity index (χ0) is 12.9. The van der Waals surface area contributed by atoms with Gasteiger partial charge >= 0.3 is 6.18 Å². The van der Waals surface area contributed by atoms with E-state index in [0.717, 1.165) is 12.1 Å². The van der Waals surface area contributed by atoms with Gasteiger partial charge in [-0.1, -0.05) is 6.07 Å². The lowest BCUT2D eigenvalue weighted by Crippen LogP contribution is -2.18. The summed E-state index contributed by atoms with van der Waals surface area (Å²) in [6.45, 7) is -0.352. The fourth-order valence-corrected chi connectivity index (χ4v) is 1.19. The van der Waals surface area contributed by atoms with E-state index in [1.54, 1.807) is 0 Å². The number of halogens is 3. The zero-order valence-corrected chi connectivity index (χ0v) is 8.94. The zero-order valence-electron chi connectivity index (χ0n) is 8.94. The molecule has 0 amide bonds. The number of aliphatic hydroxyl groups excluding tert-OH is 2. The topological polar surface area (TPSA) is 49.7 Å². The molecule has 2 N–H and O–H groups in total. The summed E-state index contributed by atoms with van der Waals surface area (Å²) in [5, 5.41) is 17.8. The minimum atomic E-state index is -4.41. The molecule has 1 atom stereocenters. The van der Waals surface area contributed by atoms with E-state index in [9.17, 15) is 18.3 Å². The number of hydrogen-bond donors (Lipinski definition) is 2. The van der Waals surface area contributed by atoms with Gasteiger partial charge in [0.05, 0.1) is 11.7 Å². The van der Waals surface area contributed by atoms with Crippen LogP contribution in [0, 0.1) is 0 Å². The SMILES string of the molecule is OCCC(O)COc1cccc(C(F)(F)F)c1. The van der Waals surface area contributed by atoms with Crippen LogP contribution in [0.15, 0.2) is 24.3 Å². The van der Waals surface area contributed by atoms with Crippen molar-refractivity contribution in [2.24, 2.45) is 0 Å². The molecule has 1 rings (SSSR count). The standard InChI is InChI=1S/C11H13F3O3/c12-11(13,14)8-2-1-3-10(6-8)17-7-9(16)4-5-15/h1-3,6,9,15-16H,4-5,7H2. The number of hydrogen-bond acceptors (Lipinski definition) is 3. The van der Waals surface area contributed by atoms with Crippen molar-refractivity contribution < 1.29 is 28.1 Å². The summed E-state index contributed by atoms with van der Waals surface area (Å²) in [5.41, 5.74) is -0.799. The van der Waals surface area contributed by atoms with Crippen molar-refractivity contribution in [2.75, 3.05) is 13.2 Å². The number of rotatable bonds is 5. The van der Waals surface area contributed by atoms with E-state index in [-0.39, 0.29) is 25.4 Å². The van der Waals surface area contributed by atoms with Crippen LogP contribution in [0.1, 0.15) is 12.0 Å². The summed E-state index contributed by atoms with van der Waals surface area (Å²) in [7, 11) is 0. The lowest BCUT2D eigenvalue weighted by molar-refractivity contribution is -0.137. The Morgan fingerprint density at radius 1 is 1.29 bits per heavy atom. The first kappa shape index (κ1) is 13.8. The Morgan fingerprint density at radius 3 is 2.59 bits per heavy atom. The fraction of sp³-hybridized carbons (Fsp3) is 0.455. The number of ether oxygens (including phenoxy) is 1. The average Bonchev–Trinajstić information content (AvgIpc) is 2.26. The van der Waals surface area contributed by atoms with Crippen LogP contribution in [0.4, 0.5) is 13.2 Å². The van der Waals surface area contributed by atoms with Crippen molar-refractivity contribution in [1.29, 1.82) is 0 Å². The van der Waals surface area contributed by atoms with E-state index in [1.165, 1.54) is 12.1 Å². The molecule has 96 valence electrons. The molecule has 0 spiro atoms. The van der Waals surface area contributed by atoms with Gasteiger partial charge in [0.1, 0.15) is 12.4 Å². The third-order valence-electron chi connectivity index (χ3n) is 2.07. The van der Waals surface area contributed by atoms with Gasteiger partial charge in [-0.25, -0.2) is 0 Å². The van der Waals surface area contributed by atoms with E-state index in [1.807, 2.05) is 0 Å². The average molecular weight is 250 g/mol. The molecule has 0 aliphatic carbocycles. The molecule has 0 aromatic heterocycles. The smallest absolute Gasteiger partial charge is 0.416 e. The molecule has 0 heterocycles. The van der Waals surface area contributed by atoms with Gasteiger partial charge in [-0.15, -0.1) is 0 Å². The summed E-state index contributed by atoms with van der Waals surface area (Å²) in [6.07, 6.45) is -5.18. The van der Waals surface area contributed by atoms with Crippen LogP contribution >= 0.6 is 0 Å². The van der Waals surface area contributed by atoms with Gasteiger partial charge in [-0.05, 0) is 24.6 Å². The monoisotopic (exact) mass is 250 g/mol. The molecule has 6 heteroatoms. The summed E-state index contributed by atoms with van der Waals surface area (Å²) in [4.78, 5) is 0. The molecule has 0 saturated heterocycles. The minimum Gasteiger partial charge on any atom is -0.491 e. The van der Waals surface area contributed by atoms with Crippen molar-refractivity contribution in [1.82, 2.24) is 0 Å². The van der Waals surface area contributed by atoms with E-state index in [4.69, 9.17) is 9.84 Å². The highest BCUT2D eigenvalue weighted by molar-refractivity contribution is 5.30. The van der Waals surface area contributed by atoms with Crippen LogP contribution in [-0.4, -0.2) is 29.5 Å². The lowest BCUT2D eigenvalue weighted by atomic mass is 10.2. The highest BCUT2D eigenvalue weighted by atomic mass is 19.4. The molecule has 3 nitrogen and oxygen atoms in total. The Hall–Kier alpha value is -1.27. The first-order chi connectivity index (χ1) is 7.93. The van der Waals surface area contributed by atoms with Gasteiger partial charge in [0, 0.05) is 6.61 Å². The van der Waals surface area contributed by atoms with Crippen LogP contribution in [0.2, 0.25) is 0 Å². The molecular weight excluding hydrogens is 237 g/mol. The van der Waals surface area contributed by atoms with Crippen LogP contribution in [0.3, 0.4) is 0 Å². The number of alkyl halides is 3. The van der Waals surface area contributed by atoms with Crippen molar-refractivity contribution in [3.05, 3.63) is 29.8 Å². The van der Waals surface area contributed by atoms with Gasteiger partial charge in [-0.2, -0.15) is 13.2 Å². The summed E-state index contributed by atoms with van der Waals surface area (Å²) < 4.78 is 42.0. The summed E-state index contributed by atoms with van der Waals surface area (Å²) in [5.74, 6) is 0.0387. The third kappa shape index (κ3) is 4.62. The van der Waals surface area contributed by atoms with Crippen molar-refractivity contribution in [3.8, 4) is 5.75 Å². The minimum absolute atomic E-state index is 0.0387. The maximum atomic E-state index is 12.3. The first-order valence-corrected chi connectivity index (χ1v) is 5.02. The van der Waals surface area contributed by atoms with E-state index in [2.05, 4.69) is 0 Å². The highest BCUT2D eigenvalue weighted by Crippen LogP contribution is 2.31. The molecule has 0 radical (unpaired) electrons. The molecule has 1 aromatic carbocycles. The molecule has 0 saturated carbocycles. The van der Waals surface area contributed by atoms with Crippen LogP contribution in [0.25, 0.3) is 0 Å². The molecule has 0 fully saturated rings. The first-order valence-electron chi connectivity index (χ1n) is 5.02. The van der Waals surface area contributed by atoms with Crippen LogP contribution < -0.4 is 4.74 Å². The maximum Gasteiger partial charge on any atom is 0.416 e. The van der Waals surface area contributed by atoms with Gasteiger partial charge in [0.15, 0.2) is 0 Å². The van der Waals surface area contributed by atoms with Gasteiger partial charge in [0.25, 0.3) is 0 Å². The lowest BCUT2D eigenvalue weighted by Gasteiger charge is -2.12. The van der Waals surface area contributed by atoms with E-state index in [0.29, 0.717) is 0 Å². The fourth-order valence-electron chi connectivity index (χ4n) is 1.19. The molecular formula is C11H13F3O3. The van der Waals surface area contributed by atoms with Gasteiger partial charge < -0.3 is 14.9 Å². The Morgan fingerprint density at radius 2 is 2.00 bits per heavy atom. The second-order valence-corrected chi connectivity index (χ2v) is 3.50. The van der Waals surface area contributed by atoms with Crippen molar-refractivity contribution in [3.63, 3.8) is 0 Å². The second kappa shape index (κ2) is 5.88. The highest BCUT2D eigenvalue weighted by Gasteiger charge is 2.30. The predicted octanol–water partition coefficient (Wildman–Crippen LogP) is 1.83. The summed E-state index contributed by atoms with van der Waals surface area (Å²) in [6, 6.07) is 4.42. The Kier molecular flexibility index (Phi) is 4.77. The normalized spacial score (nSPS) is 13.5. The Labute approximate surface area is 96.5 Å². The Balaban J connectivity index is 2.60. The molecule has 1 unspecified atom stereocenters. The van der Waals surface area contributed by atoms with E-state index >= 15 is 0 Å². The second-order valence-electron chi connectivity index (χ2n) is 3.50. The van der Waals surface area contributed by atoms with E-state index < -0.39 is 17.8 Å². The predicted molar refractivity (Wildman–Crippen MR) is 54.6 cm³/mol. The number of aliphatic hydroxyl groups is 2. The van der Waals surface area contributed by atoms with Crippen LogP contribution in [0.5, 0.6) is 5.75 Å². The van der Waals surface area contributed by atoms with Crippen molar-refractivity contribution >= 4 is 0 Å². The van der Waals surface area contributed by atoms with Gasteiger partial charge in [0.2, 0.25) is 0 Å².